The van der Waals surface area contributed by atoms with E-state index in [0.29, 0.717) is 6.54 Å². The minimum absolute atomic E-state index is 0.630. The first kappa shape index (κ1) is 12.1. The zero-order valence-corrected chi connectivity index (χ0v) is 10.1. The molecule has 1 aromatic carbocycles. The number of nitrogens with two attached hydrogens (primary N) is 1. The van der Waals surface area contributed by atoms with E-state index in [1.54, 1.807) is 0 Å². The lowest BCUT2D eigenvalue weighted by atomic mass is 10.1. The Kier molecular flexibility index (Phi) is 4.63. The summed E-state index contributed by atoms with van der Waals surface area (Å²) >= 11 is 0. The van der Waals surface area contributed by atoms with Crippen LogP contribution in [0.25, 0.3) is 0 Å². The van der Waals surface area contributed by atoms with Crippen LogP contribution >= 0.6 is 0 Å². The second-order valence-corrected chi connectivity index (χ2v) is 4.09. The Morgan fingerprint density at radius 2 is 2.07 bits per heavy atom. The summed E-state index contributed by atoms with van der Waals surface area (Å²) in [5, 5.41) is 0. The molecule has 0 saturated heterocycles. The minimum Gasteiger partial charge on any atom is -0.375 e. The Labute approximate surface area is 93.1 Å². The van der Waals surface area contributed by atoms with Crippen molar-refractivity contribution in [1.82, 2.24) is 0 Å². The molecule has 2 heteroatoms. The van der Waals surface area contributed by atoms with Gasteiger partial charge in [0.15, 0.2) is 0 Å². The fourth-order valence-electron chi connectivity index (χ4n) is 1.67. The monoisotopic (exact) mass is 206 g/mol. The van der Waals surface area contributed by atoms with Gasteiger partial charge in [-0.1, -0.05) is 19.4 Å². The standard InChI is InChI=1S/C13H22N2/c1-4-5-8-15(3)13-7-6-12(10-14)11(2)9-13/h6-7,9H,4-5,8,10,14H2,1-3H3. The van der Waals surface area contributed by atoms with Crippen LogP contribution in [0.5, 0.6) is 0 Å². The van der Waals surface area contributed by atoms with Crippen molar-refractivity contribution >= 4 is 5.69 Å². The minimum atomic E-state index is 0.630. The van der Waals surface area contributed by atoms with Gasteiger partial charge in [-0.05, 0) is 36.6 Å². The first-order valence-electron chi connectivity index (χ1n) is 5.69. The Bertz CT molecular complexity index is 307. The molecule has 0 spiro atoms. The molecule has 0 unspecified atom stereocenters. The number of rotatable bonds is 5. The Morgan fingerprint density at radius 3 is 2.60 bits per heavy atom. The van der Waals surface area contributed by atoms with Crippen LogP contribution in [0.3, 0.4) is 0 Å². The molecule has 1 aromatic rings. The Hall–Kier alpha value is -1.02. The molecule has 0 aromatic heterocycles. The first-order chi connectivity index (χ1) is 7.19. The Morgan fingerprint density at radius 1 is 1.33 bits per heavy atom. The highest BCUT2D eigenvalue weighted by Crippen LogP contribution is 2.18. The third kappa shape index (κ3) is 3.24. The van der Waals surface area contributed by atoms with Crippen molar-refractivity contribution in [1.29, 1.82) is 0 Å². The number of hydrogen-bond acceptors (Lipinski definition) is 2. The second kappa shape index (κ2) is 5.76. The van der Waals surface area contributed by atoms with Crippen molar-refractivity contribution in [3.05, 3.63) is 29.3 Å². The van der Waals surface area contributed by atoms with Gasteiger partial charge in [0.2, 0.25) is 0 Å². The zero-order chi connectivity index (χ0) is 11.3. The fourth-order valence-corrected chi connectivity index (χ4v) is 1.67. The van der Waals surface area contributed by atoms with E-state index in [1.807, 2.05) is 0 Å². The number of nitrogens with zero attached hydrogens (tertiary/aromatic N) is 1. The summed E-state index contributed by atoms with van der Waals surface area (Å²) in [6, 6.07) is 6.51. The molecule has 1 rings (SSSR count). The summed E-state index contributed by atoms with van der Waals surface area (Å²) in [6.45, 7) is 6.10. The largest absolute Gasteiger partial charge is 0.375 e. The van der Waals surface area contributed by atoms with E-state index in [9.17, 15) is 0 Å². The SMILES string of the molecule is CCCCN(C)c1ccc(CN)c(C)c1. The van der Waals surface area contributed by atoms with Gasteiger partial charge in [0.05, 0.1) is 0 Å². The van der Waals surface area contributed by atoms with Crippen molar-refractivity contribution in [3.63, 3.8) is 0 Å². The van der Waals surface area contributed by atoms with Crippen LogP contribution in [-0.2, 0) is 6.54 Å². The molecule has 2 N–H and O–H groups in total. The predicted octanol–water partition coefficient (Wildman–Crippen LogP) is 2.69. The van der Waals surface area contributed by atoms with Gasteiger partial charge in [-0.25, -0.2) is 0 Å². The molecule has 0 aliphatic carbocycles. The van der Waals surface area contributed by atoms with Crippen molar-refractivity contribution in [2.45, 2.75) is 33.2 Å². The van der Waals surface area contributed by atoms with Gasteiger partial charge in [0.1, 0.15) is 0 Å². The topological polar surface area (TPSA) is 29.3 Å². The number of hydrogen-bond donors (Lipinski definition) is 1. The number of aryl methyl sites for hydroxylation is 1. The first-order valence-corrected chi connectivity index (χ1v) is 5.69. The molecule has 0 fully saturated rings. The second-order valence-electron chi connectivity index (χ2n) is 4.09. The Balaban J connectivity index is 2.73. The fraction of sp³-hybridized carbons (Fsp3) is 0.538. The van der Waals surface area contributed by atoms with Crippen molar-refractivity contribution in [2.75, 3.05) is 18.5 Å². The summed E-state index contributed by atoms with van der Waals surface area (Å²) in [5.41, 5.74) is 9.46. The average molecular weight is 206 g/mol. The molecule has 84 valence electrons. The molecule has 0 saturated carbocycles. The highest BCUT2D eigenvalue weighted by Gasteiger charge is 2.02. The van der Waals surface area contributed by atoms with Crippen LogP contribution in [0.2, 0.25) is 0 Å². The van der Waals surface area contributed by atoms with Crippen LogP contribution in [0, 0.1) is 6.92 Å². The van der Waals surface area contributed by atoms with E-state index in [-0.39, 0.29) is 0 Å². The summed E-state index contributed by atoms with van der Waals surface area (Å²) in [4.78, 5) is 2.30. The quantitative estimate of drug-likeness (QED) is 0.802. The van der Waals surface area contributed by atoms with Crippen LogP contribution in [0.1, 0.15) is 30.9 Å². The molecule has 0 atom stereocenters. The predicted molar refractivity (Wildman–Crippen MR) is 67.2 cm³/mol. The van der Waals surface area contributed by atoms with E-state index in [4.69, 9.17) is 5.73 Å². The van der Waals surface area contributed by atoms with E-state index >= 15 is 0 Å². The van der Waals surface area contributed by atoms with Crippen LogP contribution in [0.15, 0.2) is 18.2 Å². The van der Waals surface area contributed by atoms with E-state index < -0.39 is 0 Å². The summed E-state index contributed by atoms with van der Waals surface area (Å²) < 4.78 is 0. The van der Waals surface area contributed by atoms with Gasteiger partial charge >= 0.3 is 0 Å². The van der Waals surface area contributed by atoms with Gasteiger partial charge < -0.3 is 10.6 Å². The van der Waals surface area contributed by atoms with Crippen molar-refractivity contribution < 1.29 is 0 Å². The summed E-state index contributed by atoms with van der Waals surface area (Å²) in [5.74, 6) is 0. The molecule has 0 bridgehead atoms. The number of anilines is 1. The van der Waals surface area contributed by atoms with Gasteiger partial charge in [0, 0.05) is 25.8 Å². The van der Waals surface area contributed by atoms with E-state index in [1.165, 1.54) is 29.7 Å². The molecule has 0 amide bonds. The molecule has 2 nitrogen and oxygen atoms in total. The van der Waals surface area contributed by atoms with Crippen LogP contribution < -0.4 is 10.6 Å². The van der Waals surface area contributed by atoms with E-state index in [2.05, 4.69) is 44.0 Å². The lowest BCUT2D eigenvalue weighted by molar-refractivity contribution is 0.766. The third-order valence-electron chi connectivity index (χ3n) is 2.83. The molecule has 15 heavy (non-hydrogen) atoms. The maximum absolute atomic E-state index is 5.64. The van der Waals surface area contributed by atoms with Gasteiger partial charge in [0.25, 0.3) is 0 Å². The maximum atomic E-state index is 5.64. The van der Waals surface area contributed by atoms with Gasteiger partial charge in [-0.2, -0.15) is 0 Å². The van der Waals surface area contributed by atoms with Crippen molar-refractivity contribution in [3.8, 4) is 0 Å². The zero-order valence-electron chi connectivity index (χ0n) is 10.1. The molecule has 0 heterocycles. The molecular formula is C13H22N2. The molecule has 0 radical (unpaired) electrons. The smallest absolute Gasteiger partial charge is 0.0366 e. The third-order valence-corrected chi connectivity index (χ3v) is 2.83. The van der Waals surface area contributed by atoms with Gasteiger partial charge in [-0.3, -0.25) is 0 Å². The molecular weight excluding hydrogens is 184 g/mol. The maximum Gasteiger partial charge on any atom is 0.0366 e. The molecule has 0 aliphatic heterocycles. The summed E-state index contributed by atoms with van der Waals surface area (Å²) in [6.07, 6.45) is 2.48. The van der Waals surface area contributed by atoms with Gasteiger partial charge in [-0.15, -0.1) is 0 Å². The van der Waals surface area contributed by atoms with Crippen LogP contribution in [0.4, 0.5) is 5.69 Å². The lowest BCUT2D eigenvalue weighted by Crippen LogP contribution is -2.18. The lowest BCUT2D eigenvalue weighted by Gasteiger charge is -2.20. The normalized spacial score (nSPS) is 10.4. The highest BCUT2D eigenvalue weighted by molar-refractivity contribution is 5.50. The van der Waals surface area contributed by atoms with Crippen LogP contribution in [-0.4, -0.2) is 13.6 Å². The average Bonchev–Trinajstić information content (AvgIpc) is 2.25. The number of unbranched alkanes of at least 4 members (excludes halogenated alkanes) is 1. The van der Waals surface area contributed by atoms with E-state index in [0.717, 1.165) is 6.54 Å². The van der Waals surface area contributed by atoms with Crippen molar-refractivity contribution in [2.24, 2.45) is 5.73 Å². The highest BCUT2D eigenvalue weighted by atomic mass is 15.1. The molecule has 0 aliphatic rings. The summed E-state index contributed by atoms with van der Waals surface area (Å²) in [7, 11) is 2.15. The number of benzene rings is 1.